The van der Waals surface area contributed by atoms with E-state index in [4.69, 9.17) is 4.74 Å². The van der Waals surface area contributed by atoms with Gasteiger partial charge in [-0.15, -0.1) is 0 Å². The zero-order chi connectivity index (χ0) is 12.1. The van der Waals surface area contributed by atoms with Crippen LogP contribution in [0.5, 0.6) is 0 Å². The molecule has 1 aliphatic heterocycles. The number of benzene rings is 1. The van der Waals surface area contributed by atoms with Crippen LogP contribution in [0.4, 0.5) is 0 Å². The molecule has 1 N–H and O–H groups in total. The molecule has 2 rings (SSSR count). The lowest BCUT2D eigenvalue weighted by Crippen LogP contribution is -2.18. The molecule has 0 bridgehead atoms. The molecule has 17 heavy (non-hydrogen) atoms. The fourth-order valence-electron chi connectivity index (χ4n) is 2.33. The van der Waals surface area contributed by atoms with Crippen molar-refractivity contribution in [3.05, 3.63) is 34.9 Å². The molecule has 0 radical (unpaired) electrons. The Kier molecular flexibility index (Phi) is 4.57. The minimum absolute atomic E-state index is 0.779. The van der Waals surface area contributed by atoms with Gasteiger partial charge in [-0.25, -0.2) is 0 Å². The van der Waals surface area contributed by atoms with E-state index in [1.807, 2.05) is 0 Å². The maximum atomic E-state index is 5.38. The van der Waals surface area contributed by atoms with Gasteiger partial charge in [-0.1, -0.05) is 23.8 Å². The van der Waals surface area contributed by atoms with Crippen LogP contribution in [-0.4, -0.2) is 19.8 Å². The van der Waals surface area contributed by atoms with E-state index in [2.05, 4.69) is 37.4 Å². The summed E-state index contributed by atoms with van der Waals surface area (Å²) in [6.07, 6.45) is 2.48. The summed E-state index contributed by atoms with van der Waals surface area (Å²) in [4.78, 5) is 0. The third-order valence-corrected chi connectivity index (χ3v) is 3.57. The van der Waals surface area contributed by atoms with Crippen molar-refractivity contribution >= 4 is 0 Å². The van der Waals surface area contributed by atoms with Gasteiger partial charge < -0.3 is 10.1 Å². The summed E-state index contributed by atoms with van der Waals surface area (Å²) < 4.78 is 5.38. The topological polar surface area (TPSA) is 21.3 Å². The average molecular weight is 233 g/mol. The zero-order valence-corrected chi connectivity index (χ0v) is 11.0. The molecule has 1 aliphatic rings. The second kappa shape index (κ2) is 6.18. The zero-order valence-electron chi connectivity index (χ0n) is 11.0. The molecule has 94 valence electrons. The number of aryl methyl sites for hydroxylation is 2. The maximum Gasteiger partial charge on any atom is 0.0495 e. The highest BCUT2D eigenvalue weighted by Gasteiger charge is 2.14. The number of hydrogen-bond donors (Lipinski definition) is 1. The highest BCUT2D eigenvalue weighted by atomic mass is 16.5. The molecule has 0 aliphatic carbocycles. The first-order chi connectivity index (χ1) is 8.25. The third-order valence-electron chi connectivity index (χ3n) is 3.57. The molecule has 1 atom stereocenters. The van der Waals surface area contributed by atoms with Crippen LogP contribution in [0.2, 0.25) is 0 Å². The molecule has 1 fully saturated rings. The second-order valence-corrected chi connectivity index (χ2v) is 5.13. The fraction of sp³-hybridized carbons (Fsp3) is 0.600. The molecule has 1 aromatic rings. The Morgan fingerprint density at radius 2 is 2.24 bits per heavy atom. The van der Waals surface area contributed by atoms with Crippen molar-refractivity contribution in [3.63, 3.8) is 0 Å². The van der Waals surface area contributed by atoms with E-state index in [0.29, 0.717) is 0 Å². The molecule has 0 spiro atoms. The van der Waals surface area contributed by atoms with E-state index in [-0.39, 0.29) is 0 Å². The predicted octanol–water partition coefficient (Wildman–Crippen LogP) is 2.82. The van der Waals surface area contributed by atoms with E-state index >= 15 is 0 Å². The summed E-state index contributed by atoms with van der Waals surface area (Å²) >= 11 is 0. The Morgan fingerprint density at radius 3 is 3.00 bits per heavy atom. The molecular formula is C15H23NO. The summed E-state index contributed by atoms with van der Waals surface area (Å²) in [7, 11) is 0. The lowest BCUT2D eigenvalue weighted by molar-refractivity contribution is 0.184. The van der Waals surface area contributed by atoms with Gasteiger partial charge in [0.15, 0.2) is 0 Å². The molecular weight excluding hydrogens is 210 g/mol. The summed E-state index contributed by atoms with van der Waals surface area (Å²) in [6, 6.07) is 6.66. The molecule has 1 saturated heterocycles. The van der Waals surface area contributed by atoms with Crippen LogP contribution >= 0.6 is 0 Å². The van der Waals surface area contributed by atoms with E-state index in [0.717, 1.165) is 32.2 Å². The minimum atomic E-state index is 0.779. The first-order valence-corrected chi connectivity index (χ1v) is 6.60. The van der Waals surface area contributed by atoms with Crippen molar-refractivity contribution in [1.29, 1.82) is 0 Å². The van der Waals surface area contributed by atoms with Gasteiger partial charge in [0.05, 0.1) is 0 Å². The fourth-order valence-corrected chi connectivity index (χ4v) is 2.33. The van der Waals surface area contributed by atoms with E-state index < -0.39 is 0 Å². The van der Waals surface area contributed by atoms with Gasteiger partial charge in [-0.2, -0.15) is 0 Å². The van der Waals surface area contributed by atoms with Gasteiger partial charge in [0, 0.05) is 19.8 Å². The van der Waals surface area contributed by atoms with Crippen molar-refractivity contribution in [2.75, 3.05) is 19.8 Å². The average Bonchev–Trinajstić information content (AvgIpc) is 2.82. The van der Waals surface area contributed by atoms with Crippen molar-refractivity contribution in [3.8, 4) is 0 Å². The quantitative estimate of drug-likeness (QED) is 0.790. The normalized spacial score (nSPS) is 19.8. The highest BCUT2D eigenvalue weighted by Crippen LogP contribution is 2.15. The standard InChI is InChI=1S/C15H23NO/c1-12-3-4-13(2)15(9-12)10-16-7-5-14-6-8-17-11-14/h3-4,9,14,16H,5-8,10-11H2,1-2H3. The summed E-state index contributed by atoms with van der Waals surface area (Å²) in [6.45, 7) is 8.34. The van der Waals surface area contributed by atoms with Gasteiger partial charge in [-0.3, -0.25) is 0 Å². The van der Waals surface area contributed by atoms with Crippen LogP contribution in [0, 0.1) is 19.8 Å². The minimum Gasteiger partial charge on any atom is -0.381 e. The Morgan fingerprint density at radius 1 is 1.35 bits per heavy atom. The number of rotatable bonds is 5. The molecule has 2 nitrogen and oxygen atoms in total. The van der Waals surface area contributed by atoms with Crippen molar-refractivity contribution in [1.82, 2.24) is 5.32 Å². The second-order valence-electron chi connectivity index (χ2n) is 5.13. The first kappa shape index (κ1) is 12.6. The Labute approximate surface area is 104 Å². The largest absolute Gasteiger partial charge is 0.381 e. The molecule has 1 heterocycles. The molecule has 2 heteroatoms. The van der Waals surface area contributed by atoms with E-state index in [1.54, 1.807) is 0 Å². The van der Waals surface area contributed by atoms with Gasteiger partial charge in [-0.05, 0) is 50.3 Å². The first-order valence-electron chi connectivity index (χ1n) is 6.60. The predicted molar refractivity (Wildman–Crippen MR) is 71.2 cm³/mol. The molecule has 0 aromatic heterocycles. The monoisotopic (exact) mass is 233 g/mol. The Hall–Kier alpha value is -0.860. The van der Waals surface area contributed by atoms with Gasteiger partial charge >= 0.3 is 0 Å². The Balaban J connectivity index is 1.72. The summed E-state index contributed by atoms with van der Waals surface area (Å²) in [5, 5.41) is 3.54. The van der Waals surface area contributed by atoms with Gasteiger partial charge in [0.2, 0.25) is 0 Å². The van der Waals surface area contributed by atoms with Crippen LogP contribution in [0.1, 0.15) is 29.5 Å². The molecule has 1 aromatic carbocycles. The number of nitrogens with one attached hydrogen (secondary N) is 1. The molecule has 1 unspecified atom stereocenters. The van der Waals surface area contributed by atoms with Crippen molar-refractivity contribution in [2.45, 2.75) is 33.2 Å². The third kappa shape index (κ3) is 3.83. The van der Waals surface area contributed by atoms with E-state index in [9.17, 15) is 0 Å². The Bertz CT molecular complexity index is 356. The van der Waals surface area contributed by atoms with Gasteiger partial charge in [0.25, 0.3) is 0 Å². The van der Waals surface area contributed by atoms with Gasteiger partial charge in [0.1, 0.15) is 0 Å². The number of hydrogen-bond acceptors (Lipinski definition) is 2. The van der Waals surface area contributed by atoms with Crippen molar-refractivity contribution in [2.24, 2.45) is 5.92 Å². The maximum absolute atomic E-state index is 5.38. The van der Waals surface area contributed by atoms with Crippen LogP contribution < -0.4 is 5.32 Å². The van der Waals surface area contributed by atoms with E-state index in [1.165, 1.54) is 29.5 Å². The lowest BCUT2D eigenvalue weighted by atomic mass is 10.0. The van der Waals surface area contributed by atoms with Crippen LogP contribution in [0.15, 0.2) is 18.2 Å². The number of ether oxygens (including phenoxy) is 1. The summed E-state index contributed by atoms with van der Waals surface area (Å²) in [5.41, 5.74) is 4.15. The van der Waals surface area contributed by atoms with Crippen LogP contribution in [-0.2, 0) is 11.3 Å². The lowest BCUT2D eigenvalue weighted by Gasteiger charge is -2.11. The molecule has 0 saturated carbocycles. The summed E-state index contributed by atoms with van der Waals surface area (Å²) in [5.74, 6) is 0.779. The SMILES string of the molecule is Cc1ccc(C)c(CNCCC2CCOC2)c1. The smallest absolute Gasteiger partial charge is 0.0495 e. The highest BCUT2D eigenvalue weighted by molar-refractivity contribution is 5.30. The molecule has 0 amide bonds. The van der Waals surface area contributed by atoms with Crippen LogP contribution in [0.3, 0.4) is 0 Å². The van der Waals surface area contributed by atoms with Crippen LogP contribution in [0.25, 0.3) is 0 Å². The van der Waals surface area contributed by atoms with Crippen molar-refractivity contribution < 1.29 is 4.74 Å².